The van der Waals surface area contributed by atoms with Crippen LogP contribution >= 0.6 is 15.9 Å². The van der Waals surface area contributed by atoms with Gasteiger partial charge in [-0.15, -0.1) is 0 Å². The molecule has 1 aromatic carbocycles. The molecule has 0 N–H and O–H groups in total. The quantitative estimate of drug-likeness (QED) is 0.486. The van der Waals surface area contributed by atoms with Gasteiger partial charge in [0.1, 0.15) is 11.4 Å². The van der Waals surface area contributed by atoms with Gasteiger partial charge in [0.05, 0.1) is 24.9 Å². The van der Waals surface area contributed by atoms with Gasteiger partial charge in [0, 0.05) is 55.7 Å². The summed E-state index contributed by atoms with van der Waals surface area (Å²) in [6, 6.07) is 11.6. The topological polar surface area (TPSA) is 88.5 Å². The molecule has 0 spiro atoms. The van der Waals surface area contributed by atoms with Crippen LogP contribution in [0.3, 0.4) is 0 Å². The van der Waals surface area contributed by atoms with Crippen LogP contribution in [-0.4, -0.2) is 69.4 Å². The molecule has 1 fully saturated rings. The fourth-order valence-corrected chi connectivity index (χ4v) is 3.80. The van der Waals surface area contributed by atoms with Gasteiger partial charge in [0.2, 0.25) is 5.91 Å². The average Bonchev–Trinajstić information content (AvgIpc) is 2.86. The number of rotatable bonds is 7. The number of pyridine rings is 1. The number of aromatic nitrogens is 3. The summed E-state index contributed by atoms with van der Waals surface area (Å²) in [6.45, 7) is 2.45. The van der Waals surface area contributed by atoms with Crippen molar-refractivity contribution >= 4 is 27.7 Å². The minimum absolute atomic E-state index is 0.00892. The Hall–Kier alpha value is -3.33. The molecule has 33 heavy (non-hydrogen) atoms. The molecule has 2 aromatic heterocycles. The molecular weight excluding hydrogens is 486 g/mol. The van der Waals surface area contributed by atoms with Crippen LogP contribution in [0.4, 0.5) is 0 Å². The number of carbonyl (C=O) groups is 2. The second-order valence-electron chi connectivity index (χ2n) is 7.65. The first-order valence-electron chi connectivity index (χ1n) is 10.7. The zero-order chi connectivity index (χ0) is 23.0. The SMILES string of the molecule is O=C(Cc1cnccn1)N1CCN(C(=O)c2ccc(OCCc3ccc(Br)cc3)cn2)CC1. The van der Waals surface area contributed by atoms with Crippen molar-refractivity contribution in [2.24, 2.45) is 0 Å². The van der Waals surface area contributed by atoms with Crippen LogP contribution in [0.2, 0.25) is 0 Å². The summed E-state index contributed by atoms with van der Waals surface area (Å²) in [7, 11) is 0. The minimum Gasteiger partial charge on any atom is -0.492 e. The summed E-state index contributed by atoms with van der Waals surface area (Å²) in [4.78, 5) is 41.2. The number of hydrogen-bond acceptors (Lipinski definition) is 6. The van der Waals surface area contributed by atoms with Crippen molar-refractivity contribution < 1.29 is 14.3 Å². The van der Waals surface area contributed by atoms with E-state index in [2.05, 4.69) is 43.0 Å². The van der Waals surface area contributed by atoms with E-state index in [0.29, 0.717) is 49.9 Å². The van der Waals surface area contributed by atoms with Crippen LogP contribution in [0.5, 0.6) is 5.75 Å². The molecule has 0 bridgehead atoms. The number of benzene rings is 1. The fourth-order valence-electron chi connectivity index (χ4n) is 3.54. The van der Waals surface area contributed by atoms with Crippen LogP contribution in [0.15, 0.2) is 65.7 Å². The van der Waals surface area contributed by atoms with Gasteiger partial charge in [0.25, 0.3) is 5.91 Å². The number of amides is 2. The van der Waals surface area contributed by atoms with Gasteiger partial charge in [-0.25, -0.2) is 4.98 Å². The zero-order valence-corrected chi connectivity index (χ0v) is 19.6. The summed E-state index contributed by atoms with van der Waals surface area (Å²) >= 11 is 3.43. The van der Waals surface area contributed by atoms with Crippen molar-refractivity contribution in [1.29, 1.82) is 0 Å². The van der Waals surface area contributed by atoms with Crippen LogP contribution in [0.1, 0.15) is 21.7 Å². The van der Waals surface area contributed by atoms with Crippen molar-refractivity contribution in [3.05, 3.63) is 82.6 Å². The highest BCUT2D eigenvalue weighted by atomic mass is 79.9. The maximum Gasteiger partial charge on any atom is 0.272 e. The lowest BCUT2D eigenvalue weighted by molar-refractivity contribution is -0.132. The summed E-state index contributed by atoms with van der Waals surface area (Å²) in [6.07, 6.45) is 7.33. The third-order valence-corrected chi connectivity index (χ3v) is 5.93. The molecule has 2 amide bonds. The summed E-state index contributed by atoms with van der Waals surface area (Å²) in [5.41, 5.74) is 2.20. The van der Waals surface area contributed by atoms with Crippen molar-refractivity contribution in [2.75, 3.05) is 32.8 Å². The molecular formula is C24H24BrN5O3. The van der Waals surface area contributed by atoms with Crippen molar-refractivity contribution in [1.82, 2.24) is 24.8 Å². The fraction of sp³-hybridized carbons (Fsp3) is 0.292. The van der Waals surface area contributed by atoms with E-state index < -0.39 is 0 Å². The van der Waals surface area contributed by atoms with E-state index in [0.717, 1.165) is 10.9 Å². The third-order valence-electron chi connectivity index (χ3n) is 5.40. The largest absolute Gasteiger partial charge is 0.492 e. The molecule has 0 radical (unpaired) electrons. The molecule has 0 aliphatic carbocycles. The standard InChI is InChI=1S/C24H24BrN5O3/c25-19-3-1-18(2-4-19)7-14-33-21-5-6-22(28-17-21)24(32)30-12-10-29(11-13-30)23(31)15-20-16-26-8-9-27-20/h1-6,8-9,16-17H,7,10-15H2. The van der Waals surface area contributed by atoms with Crippen LogP contribution in [0, 0.1) is 0 Å². The van der Waals surface area contributed by atoms with E-state index in [1.54, 1.807) is 46.7 Å². The number of nitrogens with zero attached hydrogens (tertiary/aromatic N) is 5. The highest BCUT2D eigenvalue weighted by Gasteiger charge is 2.25. The maximum atomic E-state index is 12.8. The first-order valence-corrected chi connectivity index (χ1v) is 11.5. The maximum absolute atomic E-state index is 12.8. The van der Waals surface area contributed by atoms with Crippen molar-refractivity contribution in [3.8, 4) is 5.75 Å². The number of carbonyl (C=O) groups excluding carboxylic acids is 2. The monoisotopic (exact) mass is 509 g/mol. The van der Waals surface area contributed by atoms with Crippen molar-refractivity contribution in [2.45, 2.75) is 12.8 Å². The van der Waals surface area contributed by atoms with E-state index in [1.807, 2.05) is 12.1 Å². The molecule has 0 saturated carbocycles. The second kappa shape index (κ2) is 11.0. The summed E-state index contributed by atoms with van der Waals surface area (Å²) in [5.74, 6) is 0.478. The normalized spacial score (nSPS) is 13.6. The van der Waals surface area contributed by atoms with Gasteiger partial charge >= 0.3 is 0 Å². The molecule has 0 atom stereocenters. The number of ether oxygens (including phenoxy) is 1. The number of halogens is 1. The molecule has 9 heteroatoms. The van der Waals surface area contributed by atoms with Gasteiger partial charge in [0.15, 0.2) is 0 Å². The molecule has 0 unspecified atom stereocenters. The minimum atomic E-state index is -0.141. The van der Waals surface area contributed by atoms with E-state index >= 15 is 0 Å². The summed E-state index contributed by atoms with van der Waals surface area (Å²) < 4.78 is 6.80. The lowest BCUT2D eigenvalue weighted by Crippen LogP contribution is -2.51. The lowest BCUT2D eigenvalue weighted by atomic mass is 10.2. The molecule has 1 saturated heterocycles. The Morgan fingerprint density at radius 2 is 1.67 bits per heavy atom. The van der Waals surface area contributed by atoms with Crippen LogP contribution in [-0.2, 0) is 17.6 Å². The molecule has 3 heterocycles. The van der Waals surface area contributed by atoms with Gasteiger partial charge in [-0.2, -0.15) is 0 Å². The third kappa shape index (κ3) is 6.35. The van der Waals surface area contributed by atoms with Gasteiger partial charge in [-0.3, -0.25) is 19.6 Å². The average molecular weight is 510 g/mol. The number of hydrogen-bond donors (Lipinski definition) is 0. The second-order valence-corrected chi connectivity index (χ2v) is 8.57. The molecule has 1 aliphatic rings. The zero-order valence-electron chi connectivity index (χ0n) is 18.1. The van der Waals surface area contributed by atoms with E-state index in [4.69, 9.17) is 4.74 Å². The molecule has 1 aliphatic heterocycles. The van der Waals surface area contributed by atoms with Gasteiger partial charge < -0.3 is 14.5 Å². The van der Waals surface area contributed by atoms with E-state index in [9.17, 15) is 9.59 Å². The molecule has 4 rings (SSSR count). The highest BCUT2D eigenvalue weighted by Crippen LogP contribution is 2.14. The first-order chi connectivity index (χ1) is 16.1. The van der Waals surface area contributed by atoms with E-state index in [-0.39, 0.29) is 18.2 Å². The first kappa shape index (κ1) is 22.8. The predicted molar refractivity (Wildman–Crippen MR) is 126 cm³/mol. The molecule has 8 nitrogen and oxygen atoms in total. The summed E-state index contributed by atoms with van der Waals surface area (Å²) in [5, 5.41) is 0. The van der Waals surface area contributed by atoms with Gasteiger partial charge in [-0.05, 0) is 29.8 Å². The predicted octanol–water partition coefficient (Wildman–Crippen LogP) is 2.78. The smallest absolute Gasteiger partial charge is 0.272 e. The Labute approximate surface area is 200 Å². The van der Waals surface area contributed by atoms with E-state index in [1.165, 1.54) is 5.56 Å². The highest BCUT2D eigenvalue weighted by molar-refractivity contribution is 9.10. The lowest BCUT2D eigenvalue weighted by Gasteiger charge is -2.34. The Kier molecular flexibility index (Phi) is 7.62. The van der Waals surface area contributed by atoms with Gasteiger partial charge in [-0.1, -0.05) is 28.1 Å². The molecule has 3 aromatic rings. The Bertz CT molecular complexity index is 1070. The van der Waals surface area contributed by atoms with Crippen LogP contribution in [0.25, 0.3) is 0 Å². The Morgan fingerprint density at radius 1 is 0.909 bits per heavy atom. The molecule has 170 valence electrons. The van der Waals surface area contributed by atoms with Crippen molar-refractivity contribution in [3.63, 3.8) is 0 Å². The Morgan fingerprint density at radius 3 is 2.33 bits per heavy atom. The Balaban J connectivity index is 1.23. The number of piperazine rings is 1. The van der Waals surface area contributed by atoms with Crippen LogP contribution < -0.4 is 4.74 Å².